The molecule has 166 valence electrons. The smallest absolute Gasteiger partial charge is 0.257 e. The third-order valence-corrected chi connectivity index (χ3v) is 5.94. The first kappa shape index (κ1) is 23.4. The summed E-state index contributed by atoms with van der Waals surface area (Å²) in [4.78, 5) is 27.8. The van der Waals surface area contributed by atoms with Gasteiger partial charge in [-0.2, -0.15) is 0 Å². The first-order chi connectivity index (χ1) is 14.9. The number of piperidine rings is 1. The highest BCUT2D eigenvalue weighted by molar-refractivity contribution is 6.37. The van der Waals surface area contributed by atoms with Crippen LogP contribution in [-0.4, -0.2) is 45.2 Å². The van der Waals surface area contributed by atoms with Crippen molar-refractivity contribution in [3.63, 3.8) is 0 Å². The maximum Gasteiger partial charge on any atom is 0.257 e. The molecule has 1 fully saturated rings. The topological polar surface area (TPSA) is 70.7 Å². The summed E-state index contributed by atoms with van der Waals surface area (Å²) in [5.74, 6) is 0.108. The van der Waals surface area contributed by atoms with E-state index < -0.39 is 0 Å². The van der Waals surface area contributed by atoms with Crippen molar-refractivity contribution in [3.8, 4) is 0 Å². The summed E-state index contributed by atoms with van der Waals surface area (Å²) < 4.78 is 5.03. The zero-order valence-corrected chi connectivity index (χ0v) is 19.2. The number of anilines is 2. The minimum atomic E-state index is -0.369. The lowest BCUT2D eigenvalue weighted by molar-refractivity contribution is 0.0936. The van der Waals surface area contributed by atoms with Crippen LogP contribution >= 0.6 is 23.2 Å². The van der Waals surface area contributed by atoms with Gasteiger partial charge in [0, 0.05) is 43.1 Å². The molecule has 0 aliphatic carbocycles. The number of hydrogen-bond donors (Lipinski definition) is 2. The fourth-order valence-electron chi connectivity index (χ4n) is 3.55. The molecule has 0 atom stereocenters. The van der Waals surface area contributed by atoms with Crippen molar-refractivity contribution in [3.05, 3.63) is 57.6 Å². The van der Waals surface area contributed by atoms with E-state index in [1.807, 2.05) is 6.07 Å². The lowest BCUT2D eigenvalue weighted by Crippen LogP contribution is -2.35. The first-order valence-corrected chi connectivity index (χ1v) is 11.1. The van der Waals surface area contributed by atoms with Crippen molar-refractivity contribution in [2.45, 2.75) is 19.8 Å². The molecule has 3 rings (SSSR count). The second-order valence-corrected chi connectivity index (χ2v) is 8.57. The summed E-state index contributed by atoms with van der Waals surface area (Å²) in [5, 5.41) is 6.43. The van der Waals surface area contributed by atoms with Gasteiger partial charge in [-0.1, -0.05) is 30.1 Å². The van der Waals surface area contributed by atoms with E-state index >= 15 is 0 Å². The molecule has 31 heavy (non-hydrogen) atoms. The molecule has 6 nitrogen and oxygen atoms in total. The highest BCUT2D eigenvalue weighted by Gasteiger charge is 2.22. The molecular formula is C23H27Cl2N3O3. The van der Waals surface area contributed by atoms with Crippen molar-refractivity contribution in [1.29, 1.82) is 0 Å². The van der Waals surface area contributed by atoms with Crippen molar-refractivity contribution >= 4 is 46.4 Å². The normalized spacial score (nSPS) is 14.4. The highest BCUT2D eigenvalue weighted by atomic mass is 35.5. The monoisotopic (exact) mass is 463 g/mol. The molecule has 0 saturated carbocycles. The number of rotatable bonds is 7. The summed E-state index contributed by atoms with van der Waals surface area (Å²) >= 11 is 12.1. The highest BCUT2D eigenvalue weighted by Crippen LogP contribution is 2.29. The Hall–Kier alpha value is -2.28. The van der Waals surface area contributed by atoms with E-state index in [1.165, 1.54) is 6.07 Å². The van der Waals surface area contributed by atoms with Crippen LogP contribution in [0.1, 0.15) is 40.5 Å². The molecule has 0 aromatic heterocycles. The summed E-state index contributed by atoms with van der Waals surface area (Å²) in [6, 6.07) is 10.1. The van der Waals surface area contributed by atoms with Crippen LogP contribution in [0.15, 0.2) is 36.4 Å². The molecule has 1 heterocycles. The van der Waals surface area contributed by atoms with Gasteiger partial charge in [-0.25, -0.2) is 0 Å². The van der Waals surface area contributed by atoms with Gasteiger partial charge >= 0.3 is 0 Å². The Kier molecular flexibility index (Phi) is 8.18. The zero-order chi connectivity index (χ0) is 22.4. The summed E-state index contributed by atoms with van der Waals surface area (Å²) in [6.07, 6.45) is 2.16. The number of benzene rings is 2. The van der Waals surface area contributed by atoms with Gasteiger partial charge < -0.3 is 20.3 Å². The largest absolute Gasteiger partial charge is 0.383 e. The van der Waals surface area contributed by atoms with Crippen LogP contribution < -0.4 is 15.5 Å². The standard InChI is InChI=1S/C23H27Cl2N3O3/c1-15-7-10-28(11-8-15)21-6-4-17(14-19(21)22(29)26-9-12-31-2)27-23(30)18-5-3-16(24)13-20(18)25/h3-6,13-15H,7-12H2,1-2H3,(H,26,29)(H,27,30). The van der Waals surface area contributed by atoms with Crippen LogP contribution in [0.4, 0.5) is 11.4 Å². The molecule has 2 amide bonds. The minimum Gasteiger partial charge on any atom is -0.383 e. The molecule has 0 radical (unpaired) electrons. The van der Waals surface area contributed by atoms with Crippen molar-refractivity contribution in [2.24, 2.45) is 5.92 Å². The molecule has 8 heteroatoms. The van der Waals surface area contributed by atoms with Gasteiger partial charge in [0.25, 0.3) is 11.8 Å². The number of hydrogen-bond acceptors (Lipinski definition) is 4. The molecule has 0 spiro atoms. The van der Waals surface area contributed by atoms with E-state index in [0.29, 0.717) is 40.9 Å². The van der Waals surface area contributed by atoms with Crippen LogP contribution in [0.2, 0.25) is 10.0 Å². The fraction of sp³-hybridized carbons (Fsp3) is 0.391. The molecule has 0 unspecified atom stereocenters. The van der Waals surface area contributed by atoms with E-state index in [-0.39, 0.29) is 16.8 Å². The molecule has 2 aromatic rings. The number of carbonyl (C=O) groups excluding carboxylic acids is 2. The Morgan fingerprint density at radius 3 is 2.48 bits per heavy atom. The maximum atomic E-state index is 12.9. The molecule has 1 saturated heterocycles. The van der Waals surface area contributed by atoms with Crippen LogP contribution in [-0.2, 0) is 4.74 Å². The van der Waals surface area contributed by atoms with Gasteiger partial charge in [0.1, 0.15) is 0 Å². The number of nitrogens with zero attached hydrogens (tertiary/aromatic N) is 1. The molecule has 2 aromatic carbocycles. The number of nitrogens with one attached hydrogen (secondary N) is 2. The first-order valence-electron chi connectivity index (χ1n) is 10.3. The van der Waals surface area contributed by atoms with E-state index in [2.05, 4.69) is 22.5 Å². The Balaban J connectivity index is 1.85. The summed E-state index contributed by atoms with van der Waals surface area (Å²) in [7, 11) is 1.59. The number of carbonyl (C=O) groups is 2. The SMILES string of the molecule is COCCNC(=O)c1cc(NC(=O)c2ccc(Cl)cc2Cl)ccc1N1CCC(C)CC1. The third kappa shape index (κ3) is 6.12. The number of ether oxygens (including phenoxy) is 1. The average Bonchev–Trinajstić information content (AvgIpc) is 2.74. The average molecular weight is 464 g/mol. The van der Waals surface area contributed by atoms with Crippen molar-refractivity contribution in [2.75, 3.05) is 43.6 Å². The minimum absolute atomic E-state index is 0.203. The van der Waals surface area contributed by atoms with Crippen LogP contribution in [0.3, 0.4) is 0 Å². The van der Waals surface area contributed by atoms with E-state index in [9.17, 15) is 9.59 Å². The second-order valence-electron chi connectivity index (χ2n) is 7.73. The van der Waals surface area contributed by atoms with Crippen LogP contribution in [0, 0.1) is 5.92 Å². The van der Waals surface area contributed by atoms with Gasteiger partial charge in [-0.3, -0.25) is 9.59 Å². The molecule has 2 N–H and O–H groups in total. The summed E-state index contributed by atoms with van der Waals surface area (Å²) in [6.45, 7) is 4.87. The van der Waals surface area contributed by atoms with Gasteiger partial charge in [0.15, 0.2) is 0 Å². The predicted octanol–water partition coefficient (Wildman–Crippen LogP) is 4.86. The molecule has 1 aliphatic heterocycles. The Bertz CT molecular complexity index is 944. The van der Waals surface area contributed by atoms with Crippen LogP contribution in [0.5, 0.6) is 0 Å². The number of amides is 2. The Morgan fingerprint density at radius 2 is 1.81 bits per heavy atom. The Morgan fingerprint density at radius 1 is 1.06 bits per heavy atom. The number of halogens is 2. The fourth-order valence-corrected chi connectivity index (χ4v) is 4.05. The van der Waals surface area contributed by atoms with Gasteiger partial charge in [0.2, 0.25) is 0 Å². The van der Waals surface area contributed by atoms with Gasteiger partial charge in [-0.05, 0) is 55.2 Å². The summed E-state index contributed by atoms with van der Waals surface area (Å²) in [5.41, 5.74) is 2.21. The predicted molar refractivity (Wildman–Crippen MR) is 126 cm³/mol. The maximum absolute atomic E-state index is 12.9. The molecular weight excluding hydrogens is 437 g/mol. The van der Waals surface area contributed by atoms with Crippen LogP contribution in [0.25, 0.3) is 0 Å². The van der Waals surface area contributed by atoms with Crippen molar-refractivity contribution < 1.29 is 14.3 Å². The van der Waals surface area contributed by atoms with Crippen molar-refractivity contribution in [1.82, 2.24) is 5.32 Å². The van der Waals surface area contributed by atoms with Gasteiger partial charge in [-0.15, -0.1) is 0 Å². The third-order valence-electron chi connectivity index (χ3n) is 5.39. The quantitative estimate of drug-likeness (QED) is 0.575. The molecule has 0 bridgehead atoms. The number of methoxy groups -OCH3 is 1. The van der Waals surface area contributed by atoms with Gasteiger partial charge in [0.05, 0.1) is 22.8 Å². The van der Waals surface area contributed by atoms with E-state index in [1.54, 1.807) is 31.4 Å². The second kappa shape index (κ2) is 10.8. The zero-order valence-electron chi connectivity index (χ0n) is 17.7. The molecule has 1 aliphatic rings. The van der Waals surface area contributed by atoms with E-state index in [4.69, 9.17) is 27.9 Å². The lowest BCUT2D eigenvalue weighted by Gasteiger charge is -2.33. The Labute approximate surface area is 192 Å². The van der Waals surface area contributed by atoms with E-state index in [0.717, 1.165) is 31.6 Å². The lowest BCUT2D eigenvalue weighted by atomic mass is 9.97.